The predicted molar refractivity (Wildman–Crippen MR) is 170 cm³/mol. The molecular weight excluding hydrogens is 568 g/mol. The molecule has 2 bridgehead atoms. The monoisotopic (exact) mass is 604 g/mol. The third kappa shape index (κ3) is 4.49. The van der Waals surface area contributed by atoms with Crippen molar-refractivity contribution in [2.75, 3.05) is 20.8 Å². The molecule has 45 heavy (non-hydrogen) atoms. The van der Waals surface area contributed by atoms with Crippen molar-refractivity contribution >= 4 is 33.9 Å². The van der Waals surface area contributed by atoms with Crippen molar-refractivity contribution in [1.29, 1.82) is 0 Å². The normalized spacial score (nSPS) is 20.8. The van der Waals surface area contributed by atoms with Gasteiger partial charge in [0.25, 0.3) is 5.91 Å². The zero-order valence-electron chi connectivity index (χ0n) is 26.0. The Hall–Kier alpha value is -4.73. The molecule has 0 spiro atoms. The molecule has 5 aromatic rings. The van der Waals surface area contributed by atoms with Gasteiger partial charge in [-0.1, -0.05) is 6.92 Å². The van der Waals surface area contributed by atoms with E-state index in [1.807, 2.05) is 31.3 Å². The number of imidazole rings is 1. The van der Waals surface area contributed by atoms with E-state index in [9.17, 15) is 9.59 Å². The van der Waals surface area contributed by atoms with Crippen LogP contribution in [0.3, 0.4) is 0 Å². The summed E-state index contributed by atoms with van der Waals surface area (Å²) in [6.07, 6.45) is 6.33. The number of rotatable bonds is 7. The molecule has 5 heterocycles. The molecule has 3 fully saturated rings. The molecule has 1 saturated heterocycles. The van der Waals surface area contributed by atoms with Crippen LogP contribution < -0.4 is 4.74 Å². The van der Waals surface area contributed by atoms with E-state index < -0.39 is 5.97 Å². The fourth-order valence-electron chi connectivity index (χ4n) is 7.52. The summed E-state index contributed by atoms with van der Waals surface area (Å²) in [5.41, 5.74) is 5.91. The van der Waals surface area contributed by atoms with Crippen molar-refractivity contribution in [3.8, 4) is 28.5 Å². The van der Waals surface area contributed by atoms with Crippen molar-refractivity contribution in [3.63, 3.8) is 0 Å². The topological polar surface area (TPSA) is 104 Å². The molecular formula is C35H36N6O4. The van der Waals surface area contributed by atoms with Gasteiger partial charge >= 0.3 is 5.97 Å². The lowest BCUT2D eigenvalue weighted by molar-refractivity contribution is 0.0593. The number of aryl methyl sites for hydroxylation is 1. The number of carbonyl (C=O) groups excluding carboxylic acids is 2. The van der Waals surface area contributed by atoms with Crippen LogP contribution in [0.15, 0.2) is 48.7 Å². The molecule has 1 amide bonds. The number of aromatic nitrogens is 5. The van der Waals surface area contributed by atoms with Crippen molar-refractivity contribution in [2.45, 2.75) is 45.2 Å². The third-order valence-corrected chi connectivity index (χ3v) is 10.2. The van der Waals surface area contributed by atoms with Crippen LogP contribution in [0.5, 0.6) is 5.75 Å². The second-order valence-corrected chi connectivity index (χ2v) is 12.9. The van der Waals surface area contributed by atoms with E-state index in [1.54, 1.807) is 19.4 Å². The van der Waals surface area contributed by atoms with Gasteiger partial charge in [0.2, 0.25) is 0 Å². The van der Waals surface area contributed by atoms with Gasteiger partial charge in [0.1, 0.15) is 22.6 Å². The SMILES string of the molecule is COC(=O)c1ccc(-c2ccc3cc(-c4nc5cc(C(=O)N6CC7CCC6[C@@H]7C)cc(OC)c5n4C)n(CC4CC4)c3n2)cn1. The molecule has 2 saturated carbocycles. The summed E-state index contributed by atoms with van der Waals surface area (Å²) in [4.78, 5) is 42.2. The number of hydrogen-bond donors (Lipinski definition) is 0. The van der Waals surface area contributed by atoms with Gasteiger partial charge in [-0.25, -0.2) is 19.7 Å². The molecule has 10 nitrogen and oxygen atoms in total. The number of nitrogens with zero attached hydrogens (tertiary/aromatic N) is 6. The first-order chi connectivity index (χ1) is 21.8. The summed E-state index contributed by atoms with van der Waals surface area (Å²) in [5, 5.41) is 1.02. The first-order valence-electron chi connectivity index (χ1n) is 15.8. The Bertz CT molecular complexity index is 1990. The largest absolute Gasteiger partial charge is 0.494 e. The lowest BCUT2D eigenvalue weighted by Gasteiger charge is -2.27. The molecule has 10 heteroatoms. The molecule has 3 atom stereocenters. The molecule has 3 aliphatic rings. The Balaban J connectivity index is 1.21. The van der Waals surface area contributed by atoms with E-state index in [1.165, 1.54) is 26.4 Å². The Morgan fingerprint density at radius 2 is 1.84 bits per heavy atom. The summed E-state index contributed by atoms with van der Waals surface area (Å²) in [6.45, 7) is 3.95. The van der Waals surface area contributed by atoms with E-state index in [0.29, 0.717) is 35.1 Å². The minimum absolute atomic E-state index is 0.0649. The molecule has 230 valence electrons. The number of pyridine rings is 2. The molecule has 2 aliphatic carbocycles. The maximum Gasteiger partial charge on any atom is 0.356 e. The number of esters is 1. The third-order valence-electron chi connectivity index (χ3n) is 10.2. The second kappa shape index (κ2) is 10.4. The molecule has 1 aliphatic heterocycles. The number of ether oxygens (including phenoxy) is 2. The van der Waals surface area contributed by atoms with Gasteiger partial charge in [-0.2, -0.15) is 0 Å². The van der Waals surface area contributed by atoms with E-state index >= 15 is 0 Å². The minimum atomic E-state index is -0.471. The number of piperidine rings is 1. The van der Waals surface area contributed by atoms with Crippen LogP contribution in [0.2, 0.25) is 0 Å². The fourth-order valence-corrected chi connectivity index (χ4v) is 7.52. The molecule has 0 radical (unpaired) electrons. The lowest BCUT2D eigenvalue weighted by atomic mass is 10.0. The molecule has 4 aromatic heterocycles. The molecule has 0 N–H and O–H groups in total. The van der Waals surface area contributed by atoms with Crippen molar-refractivity contribution in [2.24, 2.45) is 24.8 Å². The van der Waals surface area contributed by atoms with Crippen LogP contribution >= 0.6 is 0 Å². The maximum atomic E-state index is 13.8. The zero-order chi connectivity index (χ0) is 31.0. The average molecular weight is 605 g/mol. The first kappa shape index (κ1) is 27.8. The standard InChI is InChI=1S/C35H36N6O4/c1-19-23-9-12-28(19)41(18-23)34(42)24-13-27-31(30(15-24)44-3)39(2)33(38-27)29-14-21-7-10-25(37-32(21)40(29)17-20-5-6-20)22-8-11-26(36-16-22)35(43)45-4/h7-8,10-11,13-16,19-20,23,28H,5-6,9,12,17-18H2,1-4H3/t19-,23?,28?/m1/s1. The van der Waals surface area contributed by atoms with Crippen molar-refractivity contribution in [3.05, 3.63) is 59.9 Å². The van der Waals surface area contributed by atoms with Crippen LogP contribution in [-0.4, -0.2) is 67.7 Å². The highest BCUT2D eigenvalue weighted by atomic mass is 16.5. The Morgan fingerprint density at radius 3 is 2.51 bits per heavy atom. The number of likely N-dealkylation sites (tertiary alicyclic amines) is 1. The number of hydrogen-bond acceptors (Lipinski definition) is 7. The van der Waals surface area contributed by atoms with Crippen LogP contribution in [0.4, 0.5) is 0 Å². The van der Waals surface area contributed by atoms with Gasteiger partial charge in [-0.15, -0.1) is 0 Å². The highest BCUT2D eigenvalue weighted by Gasteiger charge is 2.46. The quantitative estimate of drug-likeness (QED) is 0.219. The van der Waals surface area contributed by atoms with Gasteiger partial charge in [-0.05, 0) is 85.9 Å². The number of benzene rings is 1. The minimum Gasteiger partial charge on any atom is -0.494 e. The second-order valence-electron chi connectivity index (χ2n) is 12.9. The smallest absolute Gasteiger partial charge is 0.356 e. The van der Waals surface area contributed by atoms with Gasteiger partial charge < -0.3 is 23.5 Å². The van der Waals surface area contributed by atoms with Gasteiger partial charge in [0, 0.05) is 48.9 Å². The van der Waals surface area contributed by atoms with E-state index in [2.05, 4.69) is 38.1 Å². The summed E-state index contributed by atoms with van der Waals surface area (Å²) in [7, 11) is 5.00. The van der Waals surface area contributed by atoms with Crippen LogP contribution in [0.25, 0.3) is 44.8 Å². The van der Waals surface area contributed by atoms with Crippen LogP contribution in [-0.2, 0) is 18.3 Å². The Morgan fingerprint density at radius 1 is 1.00 bits per heavy atom. The van der Waals surface area contributed by atoms with Gasteiger partial charge in [0.15, 0.2) is 5.82 Å². The molecule has 1 aromatic carbocycles. The van der Waals surface area contributed by atoms with E-state index in [4.69, 9.17) is 19.4 Å². The lowest BCUT2D eigenvalue weighted by Crippen LogP contribution is -2.38. The Kier molecular flexibility index (Phi) is 6.44. The number of methoxy groups -OCH3 is 2. The highest BCUT2D eigenvalue weighted by molar-refractivity contribution is 6.00. The summed E-state index contributed by atoms with van der Waals surface area (Å²) < 4.78 is 15.0. The first-order valence-corrected chi connectivity index (χ1v) is 15.8. The molecule has 8 rings (SSSR count). The van der Waals surface area contributed by atoms with E-state index in [-0.39, 0.29) is 11.6 Å². The van der Waals surface area contributed by atoms with Crippen LogP contribution in [0.1, 0.15) is 53.5 Å². The highest BCUT2D eigenvalue weighted by Crippen LogP contribution is 2.44. The van der Waals surface area contributed by atoms with Crippen LogP contribution in [0, 0.1) is 17.8 Å². The maximum absolute atomic E-state index is 13.8. The zero-order valence-corrected chi connectivity index (χ0v) is 26.0. The number of fused-ring (bicyclic) bond motifs is 4. The summed E-state index contributed by atoms with van der Waals surface area (Å²) in [6, 6.07) is 13.8. The summed E-state index contributed by atoms with van der Waals surface area (Å²) >= 11 is 0. The Labute approximate surface area is 261 Å². The fraction of sp³-hybridized carbons (Fsp3) is 0.400. The predicted octanol–water partition coefficient (Wildman–Crippen LogP) is 5.73. The summed E-state index contributed by atoms with van der Waals surface area (Å²) in [5.74, 6) is 2.78. The molecule has 2 unspecified atom stereocenters. The number of amides is 1. The van der Waals surface area contributed by atoms with E-state index in [0.717, 1.165) is 64.4 Å². The van der Waals surface area contributed by atoms with Crippen molar-refractivity contribution in [1.82, 2.24) is 29.0 Å². The average Bonchev–Trinajstić information content (AvgIpc) is 3.47. The van der Waals surface area contributed by atoms with Gasteiger partial charge in [-0.3, -0.25) is 4.79 Å². The number of carbonyl (C=O) groups is 2. The van der Waals surface area contributed by atoms with Gasteiger partial charge in [0.05, 0.1) is 31.1 Å². The van der Waals surface area contributed by atoms with Crippen molar-refractivity contribution < 1.29 is 19.1 Å².